The summed E-state index contributed by atoms with van der Waals surface area (Å²) in [7, 11) is 0. The number of carbonyl (C=O) groups excluding carboxylic acids is 1. The number of hydrogen-bond acceptors (Lipinski definition) is 2. The summed E-state index contributed by atoms with van der Waals surface area (Å²) in [6, 6.07) is 15.7. The number of hydrogen-bond donors (Lipinski definition) is 1. The number of aryl methyl sites for hydroxylation is 1. The average molecular weight is 327 g/mol. The Labute approximate surface area is 141 Å². The van der Waals surface area contributed by atoms with Crippen molar-refractivity contribution in [1.82, 2.24) is 0 Å². The summed E-state index contributed by atoms with van der Waals surface area (Å²) in [4.78, 5) is 14.4. The first-order valence-electron chi connectivity index (χ1n) is 7.76. The van der Waals surface area contributed by atoms with Gasteiger partial charge in [0.1, 0.15) is 0 Å². The fourth-order valence-corrected chi connectivity index (χ4v) is 3.02. The molecule has 0 aliphatic carbocycles. The van der Waals surface area contributed by atoms with Gasteiger partial charge in [-0.3, -0.25) is 4.79 Å². The van der Waals surface area contributed by atoms with E-state index in [9.17, 15) is 4.79 Å². The molecule has 2 N–H and O–H groups in total. The Kier molecular flexibility index (Phi) is 4.79. The molecule has 0 bridgehead atoms. The predicted molar refractivity (Wildman–Crippen MR) is 95.6 cm³/mol. The van der Waals surface area contributed by atoms with Crippen molar-refractivity contribution >= 4 is 28.8 Å². The number of carbonyl (C=O) groups is 1. The molecule has 0 radical (unpaired) electrons. The molecule has 3 rings (SSSR count). The van der Waals surface area contributed by atoms with Crippen LogP contribution in [0.4, 0.5) is 5.69 Å². The number of nitrogens with zero attached hydrogens (tertiary/aromatic N) is 1. The normalized spacial score (nSPS) is 15.3. The van der Waals surface area contributed by atoms with Gasteiger partial charge in [0.15, 0.2) is 0 Å². The van der Waals surface area contributed by atoms with Crippen LogP contribution >= 0.6 is 11.6 Å². The summed E-state index contributed by atoms with van der Waals surface area (Å²) in [5, 5.41) is 0.740. The zero-order valence-electron chi connectivity index (χ0n) is 12.8. The minimum absolute atomic E-state index is 0.0488. The minimum atomic E-state index is 0.0488. The molecule has 0 saturated heterocycles. The monoisotopic (exact) mass is 326 g/mol. The van der Waals surface area contributed by atoms with Crippen LogP contribution in [0, 0.1) is 0 Å². The van der Waals surface area contributed by atoms with Crippen LogP contribution in [-0.2, 0) is 11.2 Å². The molecular weight excluding hydrogens is 308 g/mol. The Morgan fingerprint density at radius 2 is 1.83 bits per heavy atom. The standard InChI is InChI=1S/C19H19ClN2O/c20-15-10-8-14(9-11-15)4-3-6-17-16-5-1-2-7-18(16)22(13-12-21)19(17)23/h1-2,5-11H,3-4,12-13,21H2. The second-order valence-corrected chi connectivity index (χ2v) is 5.98. The molecule has 0 atom stereocenters. The summed E-state index contributed by atoms with van der Waals surface area (Å²) in [5.41, 5.74) is 9.59. The van der Waals surface area contributed by atoms with Gasteiger partial charge in [-0.25, -0.2) is 0 Å². The average Bonchev–Trinajstić information content (AvgIpc) is 2.83. The van der Waals surface area contributed by atoms with Gasteiger partial charge < -0.3 is 10.6 Å². The van der Waals surface area contributed by atoms with E-state index in [1.165, 1.54) is 5.56 Å². The lowest BCUT2D eigenvalue weighted by atomic mass is 10.0. The number of rotatable bonds is 5. The third-order valence-electron chi connectivity index (χ3n) is 4.01. The highest BCUT2D eigenvalue weighted by molar-refractivity contribution is 6.32. The first kappa shape index (κ1) is 15.8. The van der Waals surface area contributed by atoms with E-state index in [4.69, 9.17) is 17.3 Å². The van der Waals surface area contributed by atoms with Crippen molar-refractivity contribution in [3.8, 4) is 0 Å². The van der Waals surface area contributed by atoms with Crippen LogP contribution in [0.3, 0.4) is 0 Å². The van der Waals surface area contributed by atoms with Gasteiger partial charge in [-0.05, 0) is 36.6 Å². The zero-order chi connectivity index (χ0) is 16.2. The number of halogens is 1. The van der Waals surface area contributed by atoms with E-state index in [1.807, 2.05) is 54.6 Å². The first-order valence-corrected chi connectivity index (χ1v) is 8.14. The van der Waals surface area contributed by atoms with E-state index < -0.39 is 0 Å². The third kappa shape index (κ3) is 3.31. The van der Waals surface area contributed by atoms with E-state index in [2.05, 4.69) is 0 Å². The van der Waals surface area contributed by atoms with Crippen molar-refractivity contribution in [2.75, 3.05) is 18.0 Å². The largest absolute Gasteiger partial charge is 0.329 e. The number of nitrogens with two attached hydrogens (primary N) is 1. The second-order valence-electron chi connectivity index (χ2n) is 5.55. The van der Waals surface area contributed by atoms with E-state index in [1.54, 1.807) is 4.90 Å². The van der Waals surface area contributed by atoms with Gasteiger partial charge in [-0.2, -0.15) is 0 Å². The fourth-order valence-electron chi connectivity index (χ4n) is 2.89. The van der Waals surface area contributed by atoms with Crippen molar-refractivity contribution in [3.05, 3.63) is 70.8 Å². The molecule has 1 aliphatic rings. The molecule has 0 spiro atoms. The van der Waals surface area contributed by atoms with Crippen molar-refractivity contribution in [2.45, 2.75) is 12.8 Å². The molecule has 0 saturated carbocycles. The van der Waals surface area contributed by atoms with Crippen LogP contribution in [0.5, 0.6) is 0 Å². The molecule has 4 heteroatoms. The Hall–Kier alpha value is -2.10. The van der Waals surface area contributed by atoms with Gasteiger partial charge in [0, 0.05) is 29.2 Å². The maximum Gasteiger partial charge on any atom is 0.258 e. The fraction of sp³-hybridized carbons (Fsp3) is 0.211. The number of benzene rings is 2. The summed E-state index contributed by atoms with van der Waals surface area (Å²) >= 11 is 5.90. The van der Waals surface area contributed by atoms with Crippen LogP contribution in [-0.4, -0.2) is 19.0 Å². The molecule has 23 heavy (non-hydrogen) atoms. The van der Waals surface area contributed by atoms with Crippen molar-refractivity contribution in [2.24, 2.45) is 5.73 Å². The molecule has 0 aromatic heterocycles. The van der Waals surface area contributed by atoms with Crippen LogP contribution in [0.1, 0.15) is 17.5 Å². The van der Waals surface area contributed by atoms with Crippen molar-refractivity contribution in [1.29, 1.82) is 0 Å². The number of fused-ring (bicyclic) bond motifs is 1. The van der Waals surface area contributed by atoms with Gasteiger partial charge in [-0.15, -0.1) is 0 Å². The second kappa shape index (κ2) is 6.99. The van der Waals surface area contributed by atoms with E-state index in [-0.39, 0.29) is 5.91 Å². The van der Waals surface area contributed by atoms with Gasteiger partial charge in [-0.1, -0.05) is 48.0 Å². The zero-order valence-corrected chi connectivity index (χ0v) is 13.6. The van der Waals surface area contributed by atoms with Crippen LogP contribution in [0.15, 0.2) is 54.6 Å². The van der Waals surface area contributed by atoms with Crippen LogP contribution in [0.25, 0.3) is 5.57 Å². The number of amides is 1. The summed E-state index contributed by atoms with van der Waals surface area (Å²) in [5.74, 6) is 0.0488. The Balaban J connectivity index is 1.79. The minimum Gasteiger partial charge on any atom is -0.329 e. The SMILES string of the molecule is NCCN1C(=O)C(=CCCc2ccc(Cl)cc2)c2ccccc21. The molecule has 1 heterocycles. The maximum atomic E-state index is 12.6. The third-order valence-corrected chi connectivity index (χ3v) is 4.26. The first-order chi connectivity index (χ1) is 11.2. The van der Waals surface area contributed by atoms with E-state index >= 15 is 0 Å². The number of para-hydroxylation sites is 1. The van der Waals surface area contributed by atoms with Gasteiger partial charge in [0.25, 0.3) is 5.91 Å². The lowest BCUT2D eigenvalue weighted by Crippen LogP contribution is -2.31. The van der Waals surface area contributed by atoms with E-state index in [0.717, 1.165) is 34.7 Å². The number of allylic oxidation sites excluding steroid dienone is 1. The van der Waals surface area contributed by atoms with E-state index in [0.29, 0.717) is 13.1 Å². The Morgan fingerprint density at radius 1 is 1.09 bits per heavy atom. The molecule has 0 fully saturated rings. The lowest BCUT2D eigenvalue weighted by Gasteiger charge is -2.15. The lowest BCUT2D eigenvalue weighted by molar-refractivity contribution is -0.113. The van der Waals surface area contributed by atoms with Crippen molar-refractivity contribution in [3.63, 3.8) is 0 Å². The molecule has 2 aromatic rings. The summed E-state index contributed by atoms with van der Waals surface area (Å²) in [6.45, 7) is 1.00. The Morgan fingerprint density at radius 3 is 2.57 bits per heavy atom. The highest BCUT2D eigenvalue weighted by atomic mass is 35.5. The molecular formula is C19H19ClN2O. The topological polar surface area (TPSA) is 46.3 Å². The Bertz CT molecular complexity index is 737. The van der Waals surface area contributed by atoms with Gasteiger partial charge >= 0.3 is 0 Å². The van der Waals surface area contributed by atoms with Gasteiger partial charge in [0.05, 0.1) is 5.69 Å². The molecule has 0 unspecified atom stereocenters. The van der Waals surface area contributed by atoms with Crippen LogP contribution in [0.2, 0.25) is 5.02 Å². The molecule has 1 aliphatic heterocycles. The van der Waals surface area contributed by atoms with Gasteiger partial charge in [0.2, 0.25) is 0 Å². The maximum absolute atomic E-state index is 12.6. The quantitative estimate of drug-likeness (QED) is 0.852. The smallest absolute Gasteiger partial charge is 0.258 e. The number of anilines is 1. The molecule has 3 nitrogen and oxygen atoms in total. The molecule has 1 amide bonds. The predicted octanol–water partition coefficient (Wildman–Crippen LogP) is 3.66. The summed E-state index contributed by atoms with van der Waals surface area (Å²) in [6.07, 6.45) is 3.73. The molecule has 118 valence electrons. The van der Waals surface area contributed by atoms with Crippen molar-refractivity contribution < 1.29 is 4.79 Å². The van der Waals surface area contributed by atoms with Crippen LogP contribution < -0.4 is 10.6 Å². The summed E-state index contributed by atoms with van der Waals surface area (Å²) < 4.78 is 0. The highest BCUT2D eigenvalue weighted by Gasteiger charge is 2.30. The molecule has 2 aromatic carbocycles. The highest BCUT2D eigenvalue weighted by Crippen LogP contribution is 2.36.